The van der Waals surface area contributed by atoms with Gasteiger partial charge in [-0.25, -0.2) is 31.6 Å². The van der Waals surface area contributed by atoms with Crippen LogP contribution >= 0.6 is 0 Å². The quantitative estimate of drug-likeness (QED) is 0.547. The van der Waals surface area contributed by atoms with E-state index in [1.54, 1.807) is 0 Å². The molecule has 174 valence electrons. The molecule has 0 aliphatic heterocycles. The molecule has 0 bridgehead atoms. The summed E-state index contributed by atoms with van der Waals surface area (Å²) in [5, 5.41) is 0. The monoisotopic (exact) mass is 510 g/mol. The van der Waals surface area contributed by atoms with Crippen LogP contribution in [0, 0.1) is 4.78 Å². The van der Waals surface area contributed by atoms with Gasteiger partial charge in [0, 0.05) is 22.2 Å². The number of benzene rings is 1. The Labute approximate surface area is 182 Å². The van der Waals surface area contributed by atoms with Crippen molar-refractivity contribution in [3.05, 3.63) is 30.5 Å². The SMILES string of the molecule is CCS(=O)(=O)c1cc(N=S(C)(C)=O)cnc1-c1nc2cc(S(=N)(=O)C(F)(F)F)ccc2o1. The van der Waals surface area contributed by atoms with Gasteiger partial charge in [-0.1, -0.05) is 6.92 Å². The van der Waals surface area contributed by atoms with Crippen LogP contribution in [-0.4, -0.2) is 50.6 Å². The molecular formula is C17H17F3N4O5S3. The highest BCUT2D eigenvalue weighted by Gasteiger charge is 2.43. The van der Waals surface area contributed by atoms with E-state index in [2.05, 4.69) is 14.3 Å². The van der Waals surface area contributed by atoms with Crippen molar-refractivity contribution < 1.29 is 34.4 Å². The molecule has 1 aromatic carbocycles. The largest absolute Gasteiger partial charge is 0.483 e. The average molecular weight is 511 g/mol. The summed E-state index contributed by atoms with van der Waals surface area (Å²) in [7, 11) is -11.6. The maximum atomic E-state index is 13.0. The van der Waals surface area contributed by atoms with E-state index in [0.29, 0.717) is 0 Å². The summed E-state index contributed by atoms with van der Waals surface area (Å²) in [5.74, 6) is -0.622. The minimum absolute atomic E-state index is 0.0262. The standard InChI is InChI=1S/C17H17F3N4O5S3/c1-4-31(26,27)14-7-10(24-30(2,3)25)9-22-15(14)16-23-12-8-11(5-6-13(12)29-16)32(21,28)17(18,19)20/h5-9,21H,4H2,1-3H3. The molecule has 0 fully saturated rings. The second-order valence-corrected chi connectivity index (χ2v) is 13.7. The normalized spacial score (nSPS) is 14.9. The minimum Gasteiger partial charge on any atom is -0.435 e. The van der Waals surface area contributed by atoms with Gasteiger partial charge < -0.3 is 4.42 Å². The number of nitrogens with one attached hydrogen (secondary N) is 1. The highest BCUT2D eigenvalue weighted by molar-refractivity contribution is 7.93. The van der Waals surface area contributed by atoms with E-state index in [-0.39, 0.29) is 39.0 Å². The topological polar surface area (TPSA) is 143 Å². The van der Waals surface area contributed by atoms with Gasteiger partial charge in [0.15, 0.2) is 25.1 Å². The van der Waals surface area contributed by atoms with Crippen molar-refractivity contribution in [1.29, 1.82) is 4.78 Å². The van der Waals surface area contributed by atoms with E-state index in [1.807, 2.05) is 0 Å². The Morgan fingerprint density at radius 3 is 2.34 bits per heavy atom. The molecule has 0 aliphatic rings. The molecule has 2 aromatic heterocycles. The fourth-order valence-electron chi connectivity index (χ4n) is 2.61. The molecule has 1 unspecified atom stereocenters. The zero-order valence-electron chi connectivity index (χ0n) is 16.8. The van der Waals surface area contributed by atoms with Crippen molar-refractivity contribution in [2.75, 3.05) is 18.3 Å². The number of pyridine rings is 1. The molecule has 0 saturated heterocycles. The van der Waals surface area contributed by atoms with Gasteiger partial charge >= 0.3 is 5.51 Å². The lowest BCUT2D eigenvalue weighted by Gasteiger charge is -2.10. The van der Waals surface area contributed by atoms with Crippen LogP contribution in [0.4, 0.5) is 18.9 Å². The molecule has 0 aliphatic carbocycles. The Balaban J connectivity index is 2.23. The predicted octanol–water partition coefficient (Wildman–Crippen LogP) is 3.97. The molecule has 2 heterocycles. The Hall–Kier alpha value is -2.52. The van der Waals surface area contributed by atoms with Gasteiger partial charge in [-0.15, -0.1) is 0 Å². The van der Waals surface area contributed by atoms with E-state index in [9.17, 15) is 30.0 Å². The van der Waals surface area contributed by atoms with E-state index in [1.165, 1.54) is 19.4 Å². The van der Waals surface area contributed by atoms with Crippen LogP contribution in [-0.2, 0) is 29.3 Å². The van der Waals surface area contributed by atoms with Crippen LogP contribution in [0.3, 0.4) is 0 Å². The van der Waals surface area contributed by atoms with Crippen molar-refractivity contribution in [1.82, 2.24) is 9.97 Å². The number of nitrogens with zero attached hydrogens (tertiary/aromatic N) is 3. The third-order valence-corrected chi connectivity index (χ3v) is 8.06. The van der Waals surface area contributed by atoms with Gasteiger partial charge in [0.1, 0.15) is 16.1 Å². The summed E-state index contributed by atoms with van der Waals surface area (Å²) in [6.07, 6.45) is 3.88. The van der Waals surface area contributed by atoms with Crippen LogP contribution in [0.1, 0.15) is 6.92 Å². The van der Waals surface area contributed by atoms with Gasteiger partial charge in [-0.2, -0.15) is 17.5 Å². The smallest absolute Gasteiger partial charge is 0.435 e. The van der Waals surface area contributed by atoms with Crippen LogP contribution in [0.5, 0.6) is 0 Å². The van der Waals surface area contributed by atoms with Gasteiger partial charge in [0.2, 0.25) is 5.89 Å². The molecular weight excluding hydrogens is 493 g/mol. The number of oxazole rings is 1. The second kappa shape index (κ2) is 7.81. The molecule has 0 saturated carbocycles. The third kappa shape index (κ3) is 4.63. The number of fused-ring (bicyclic) bond motifs is 1. The first-order valence-corrected chi connectivity index (χ1v) is 14.3. The van der Waals surface area contributed by atoms with Crippen LogP contribution in [0.2, 0.25) is 0 Å². The molecule has 0 radical (unpaired) electrons. The molecule has 1 atom stereocenters. The van der Waals surface area contributed by atoms with Gasteiger partial charge in [-0.05, 0) is 24.3 Å². The number of rotatable bonds is 5. The predicted molar refractivity (Wildman–Crippen MR) is 112 cm³/mol. The molecule has 3 rings (SSSR count). The molecule has 9 nitrogen and oxygen atoms in total. The first-order chi connectivity index (χ1) is 14.5. The highest BCUT2D eigenvalue weighted by Crippen LogP contribution is 2.35. The average Bonchev–Trinajstić information content (AvgIpc) is 3.08. The van der Waals surface area contributed by atoms with Crippen molar-refractivity contribution in [3.63, 3.8) is 0 Å². The fraction of sp³-hybridized carbons (Fsp3) is 0.294. The van der Waals surface area contributed by atoms with Crippen LogP contribution in [0.25, 0.3) is 22.7 Å². The van der Waals surface area contributed by atoms with E-state index in [4.69, 9.17) is 9.20 Å². The number of halogens is 3. The van der Waals surface area contributed by atoms with Crippen molar-refractivity contribution in [2.45, 2.75) is 22.2 Å². The fourth-order valence-corrected chi connectivity index (χ4v) is 5.07. The second-order valence-electron chi connectivity index (χ2n) is 6.87. The Bertz CT molecular complexity index is 1540. The Morgan fingerprint density at radius 1 is 1.12 bits per heavy atom. The summed E-state index contributed by atoms with van der Waals surface area (Å²) in [6.45, 7) is 1.39. The summed E-state index contributed by atoms with van der Waals surface area (Å²) in [6, 6.07) is 3.85. The lowest BCUT2D eigenvalue weighted by Crippen LogP contribution is -2.21. The molecule has 1 N–H and O–H groups in total. The molecule has 0 amide bonds. The van der Waals surface area contributed by atoms with E-state index >= 15 is 0 Å². The summed E-state index contributed by atoms with van der Waals surface area (Å²) >= 11 is 0. The zero-order chi connectivity index (χ0) is 24.1. The van der Waals surface area contributed by atoms with E-state index < -0.39 is 39.7 Å². The summed E-state index contributed by atoms with van der Waals surface area (Å²) in [4.78, 5) is 6.89. The molecule has 3 aromatic rings. The lowest BCUT2D eigenvalue weighted by molar-refractivity contribution is -0.0406. The number of hydrogen-bond acceptors (Lipinski definition) is 9. The zero-order valence-corrected chi connectivity index (χ0v) is 19.3. The van der Waals surface area contributed by atoms with Gasteiger partial charge in [0.05, 0.1) is 22.5 Å². The maximum Gasteiger partial charge on any atom is 0.483 e. The number of hydrogen-bond donors (Lipinski definition) is 1. The van der Waals surface area contributed by atoms with Crippen LogP contribution < -0.4 is 0 Å². The number of alkyl halides is 3. The third-order valence-electron chi connectivity index (χ3n) is 4.10. The number of sulfone groups is 1. The summed E-state index contributed by atoms with van der Waals surface area (Å²) < 4.78 is 105. The number of aromatic nitrogens is 2. The molecule has 32 heavy (non-hydrogen) atoms. The van der Waals surface area contributed by atoms with Gasteiger partial charge in [-0.3, -0.25) is 0 Å². The Morgan fingerprint density at radius 2 is 1.78 bits per heavy atom. The maximum absolute atomic E-state index is 13.0. The minimum atomic E-state index is -5.28. The first-order valence-electron chi connectivity index (χ1n) is 8.71. The van der Waals surface area contributed by atoms with E-state index in [0.717, 1.165) is 30.5 Å². The van der Waals surface area contributed by atoms with Crippen molar-refractivity contribution in [2.24, 2.45) is 4.36 Å². The van der Waals surface area contributed by atoms with Crippen molar-refractivity contribution >= 4 is 46.1 Å². The summed E-state index contributed by atoms with van der Waals surface area (Å²) in [5.41, 5.74) is -5.64. The molecule has 0 spiro atoms. The first kappa shape index (κ1) is 24.1. The highest BCUT2D eigenvalue weighted by atomic mass is 32.2. The lowest BCUT2D eigenvalue weighted by atomic mass is 10.3. The van der Waals surface area contributed by atoms with Crippen LogP contribution in [0.15, 0.2) is 49.0 Å². The van der Waals surface area contributed by atoms with Crippen molar-refractivity contribution in [3.8, 4) is 11.6 Å². The van der Waals surface area contributed by atoms with Gasteiger partial charge in [0.25, 0.3) is 0 Å². The molecule has 15 heteroatoms. The Kier molecular flexibility index (Phi) is 5.89.